The first-order chi connectivity index (χ1) is 9.22. The van der Waals surface area contributed by atoms with Crippen LogP contribution in [0.4, 0.5) is 0 Å². The van der Waals surface area contributed by atoms with Crippen LogP contribution in [0.2, 0.25) is 0 Å². The van der Waals surface area contributed by atoms with Crippen molar-refractivity contribution >= 4 is 22.6 Å². The summed E-state index contributed by atoms with van der Waals surface area (Å²) in [7, 11) is 1.68. The summed E-state index contributed by atoms with van der Waals surface area (Å²) in [6, 6.07) is 16.5. The molecule has 2 aromatic carbocycles. The Labute approximate surface area is 127 Å². The number of halogens is 1. The molecular weight excluding hydrogens is 351 g/mol. The predicted molar refractivity (Wildman–Crippen MR) is 85.9 cm³/mol. The molecule has 0 fully saturated rings. The third-order valence-electron chi connectivity index (χ3n) is 3.05. The zero-order valence-electron chi connectivity index (χ0n) is 10.8. The molecule has 0 aliphatic rings. The van der Waals surface area contributed by atoms with Gasteiger partial charge in [0.15, 0.2) is 0 Å². The number of nitrogens with two attached hydrogens (primary N) is 1. The molecule has 0 aromatic heterocycles. The lowest BCUT2D eigenvalue weighted by atomic mass is 9.99. The van der Waals surface area contributed by atoms with Crippen molar-refractivity contribution in [2.75, 3.05) is 7.11 Å². The van der Waals surface area contributed by atoms with Crippen LogP contribution in [0.1, 0.15) is 17.2 Å². The van der Waals surface area contributed by atoms with Crippen LogP contribution in [0.5, 0.6) is 5.75 Å². The summed E-state index contributed by atoms with van der Waals surface area (Å²) in [6.07, 6.45) is 0.828. The Hall–Kier alpha value is -1.11. The number of benzene rings is 2. The largest absolute Gasteiger partial charge is 0.497 e. The Morgan fingerprint density at radius 2 is 1.95 bits per heavy atom. The number of hydrogen-bond donors (Lipinski definition) is 2. The van der Waals surface area contributed by atoms with Gasteiger partial charge in [-0.05, 0) is 64.4 Å². The quantitative estimate of drug-likeness (QED) is 0.485. The SMILES string of the molecule is COc1cccc(CC(NN)c2ccc(I)cc2)c1. The van der Waals surface area contributed by atoms with Crippen molar-refractivity contribution in [2.45, 2.75) is 12.5 Å². The molecule has 1 unspecified atom stereocenters. The Balaban J connectivity index is 2.16. The maximum atomic E-state index is 5.68. The summed E-state index contributed by atoms with van der Waals surface area (Å²) in [5.74, 6) is 6.55. The third-order valence-corrected chi connectivity index (χ3v) is 3.77. The van der Waals surface area contributed by atoms with E-state index in [0.717, 1.165) is 12.2 Å². The molecule has 0 aliphatic heterocycles. The van der Waals surface area contributed by atoms with E-state index < -0.39 is 0 Å². The fraction of sp³-hybridized carbons (Fsp3) is 0.200. The van der Waals surface area contributed by atoms with Gasteiger partial charge in [0.2, 0.25) is 0 Å². The number of hydrogen-bond acceptors (Lipinski definition) is 3. The van der Waals surface area contributed by atoms with Gasteiger partial charge in [0.25, 0.3) is 0 Å². The van der Waals surface area contributed by atoms with Crippen molar-refractivity contribution in [3.63, 3.8) is 0 Å². The van der Waals surface area contributed by atoms with Crippen LogP contribution < -0.4 is 16.0 Å². The van der Waals surface area contributed by atoms with Crippen molar-refractivity contribution in [2.24, 2.45) is 5.84 Å². The van der Waals surface area contributed by atoms with Gasteiger partial charge in [-0.3, -0.25) is 11.3 Å². The number of rotatable bonds is 5. The number of hydrazine groups is 1. The average molecular weight is 368 g/mol. The number of methoxy groups -OCH3 is 1. The molecule has 0 amide bonds. The van der Waals surface area contributed by atoms with Gasteiger partial charge in [-0.15, -0.1) is 0 Å². The molecular formula is C15H17IN2O. The summed E-state index contributed by atoms with van der Waals surface area (Å²) < 4.78 is 6.46. The highest BCUT2D eigenvalue weighted by Gasteiger charge is 2.10. The maximum absolute atomic E-state index is 5.68. The molecule has 4 heteroatoms. The molecule has 0 bridgehead atoms. The van der Waals surface area contributed by atoms with E-state index in [1.165, 1.54) is 14.7 Å². The predicted octanol–water partition coefficient (Wildman–Crippen LogP) is 3.05. The molecule has 1 atom stereocenters. The number of ether oxygens (including phenoxy) is 1. The van der Waals surface area contributed by atoms with Gasteiger partial charge in [0, 0.05) is 9.61 Å². The van der Waals surface area contributed by atoms with E-state index in [4.69, 9.17) is 10.6 Å². The molecule has 3 nitrogen and oxygen atoms in total. The van der Waals surface area contributed by atoms with Crippen LogP contribution >= 0.6 is 22.6 Å². The van der Waals surface area contributed by atoms with Crippen LogP contribution in [-0.4, -0.2) is 7.11 Å². The van der Waals surface area contributed by atoms with Gasteiger partial charge < -0.3 is 4.74 Å². The Morgan fingerprint density at radius 3 is 2.58 bits per heavy atom. The second-order valence-corrected chi connectivity index (χ2v) is 5.57. The molecule has 2 aromatic rings. The lowest BCUT2D eigenvalue weighted by Crippen LogP contribution is -2.29. The molecule has 0 spiro atoms. The van der Waals surface area contributed by atoms with Gasteiger partial charge in [-0.2, -0.15) is 0 Å². The van der Waals surface area contributed by atoms with Crippen LogP contribution in [0.15, 0.2) is 48.5 Å². The molecule has 0 heterocycles. The highest BCUT2D eigenvalue weighted by molar-refractivity contribution is 14.1. The summed E-state index contributed by atoms with van der Waals surface area (Å²) in [4.78, 5) is 0. The minimum atomic E-state index is 0.101. The summed E-state index contributed by atoms with van der Waals surface area (Å²) in [5.41, 5.74) is 5.26. The molecule has 2 rings (SSSR count). The maximum Gasteiger partial charge on any atom is 0.119 e. The molecule has 0 aliphatic carbocycles. The minimum absolute atomic E-state index is 0.101. The summed E-state index contributed by atoms with van der Waals surface area (Å²) >= 11 is 2.30. The monoisotopic (exact) mass is 368 g/mol. The van der Waals surface area contributed by atoms with Crippen molar-refractivity contribution in [3.8, 4) is 5.75 Å². The topological polar surface area (TPSA) is 47.3 Å². The van der Waals surface area contributed by atoms with E-state index in [-0.39, 0.29) is 6.04 Å². The van der Waals surface area contributed by atoms with Crippen LogP contribution in [0.3, 0.4) is 0 Å². The third kappa shape index (κ3) is 3.92. The average Bonchev–Trinajstić information content (AvgIpc) is 2.46. The Kier molecular flexibility index (Phi) is 5.18. The Bertz CT molecular complexity index is 528. The van der Waals surface area contributed by atoms with Crippen molar-refractivity contribution in [1.29, 1.82) is 0 Å². The first-order valence-corrected chi connectivity index (χ1v) is 7.15. The molecule has 19 heavy (non-hydrogen) atoms. The first-order valence-electron chi connectivity index (χ1n) is 6.07. The van der Waals surface area contributed by atoms with E-state index in [0.29, 0.717) is 0 Å². The zero-order chi connectivity index (χ0) is 13.7. The van der Waals surface area contributed by atoms with Gasteiger partial charge in [-0.25, -0.2) is 0 Å². The molecule has 100 valence electrons. The van der Waals surface area contributed by atoms with Crippen LogP contribution in [0.25, 0.3) is 0 Å². The van der Waals surface area contributed by atoms with E-state index in [2.05, 4.69) is 58.3 Å². The fourth-order valence-electron chi connectivity index (χ4n) is 2.00. The normalized spacial score (nSPS) is 12.2. The van der Waals surface area contributed by atoms with Gasteiger partial charge >= 0.3 is 0 Å². The van der Waals surface area contributed by atoms with Gasteiger partial charge in [-0.1, -0.05) is 24.3 Å². The lowest BCUT2D eigenvalue weighted by molar-refractivity contribution is 0.414. The fourth-order valence-corrected chi connectivity index (χ4v) is 2.36. The van der Waals surface area contributed by atoms with Crippen LogP contribution in [0, 0.1) is 3.57 Å². The minimum Gasteiger partial charge on any atom is -0.497 e. The summed E-state index contributed by atoms with van der Waals surface area (Å²) in [6.45, 7) is 0. The first kappa shape index (κ1) is 14.3. The van der Waals surface area contributed by atoms with E-state index in [1.807, 2.05) is 18.2 Å². The van der Waals surface area contributed by atoms with Crippen molar-refractivity contribution < 1.29 is 4.74 Å². The highest BCUT2D eigenvalue weighted by atomic mass is 127. The van der Waals surface area contributed by atoms with E-state index in [9.17, 15) is 0 Å². The molecule has 3 N–H and O–H groups in total. The highest BCUT2D eigenvalue weighted by Crippen LogP contribution is 2.21. The standard InChI is InChI=1S/C15H17IN2O/c1-19-14-4-2-3-11(9-14)10-15(18-17)12-5-7-13(16)8-6-12/h2-9,15,18H,10,17H2,1H3. The lowest BCUT2D eigenvalue weighted by Gasteiger charge is -2.17. The molecule has 0 saturated carbocycles. The second kappa shape index (κ2) is 6.88. The smallest absolute Gasteiger partial charge is 0.119 e. The number of nitrogens with one attached hydrogen (secondary N) is 1. The van der Waals surface area contributed by atoms with Crippen LogP contribution in [-0.2, 0) is 6.42 Å². The summed E-state index contributed by atoms with van der Waals surface area (Å²) in [5, 5.41) is 0. The van der Waals surface area contributed by atoms with E-state index in [1.54, 1.807) is 7.11 Å². The Morgan fingerprint density at radius 1 is 1.21 bits per heavy atom. The van der Waals surface area contributed by atoms with Crippen molar-refractivity contribution in [1.82, 2.24) is 5.43 Å². The van der Waals surface area contributed by atoms with Gasteiger partial charge in [0.1, 0.15) is 5.75 Å². The molecule has 0 saturated heterocycles. The molecule has 0 radical (unpaired) electrons. The second-order valence-electron chi connectivity index (χ2n) is 4.33. The zero-order valence-corrected chi connectivity index (χ0v) is 12.9. The van der Waals surface area contributed by atoms with Gasteiger partial charge in [0.05, 0.1) is 7.11 Å². The van der Waals surface area contributed by atoms with E-state index >= 15 is 0 Å². The van der Waals surface area contributed by atoms with Crippen molar-refractivity contribution in [3.05, 3.63) is 63.2 Å².